The normalized spacial score (nSPS) is 12.6. The monoisotopic (exact) mass is 250 g/mol. The molecule has 0 fully saturated rings. The van der Waals surface area contributed by atoms with Gasteiger partial charge in [-0.2, -0.15) is 11.8 Å². The van der Waals surface area contributed by atoms with Crippen LogP contribution in [0.25, 0.3) is 0 Å². The second-order valence-corrected chi connectivity index (χ2v) is 5.56. The first-order valence-corrected chi connectivity index (χ1v) is 7.57. The van der Waals surface area contributed by atoms with E-state index in [4.69, 9.17) is 0 Å². The van der Waals surface area contributed by atoms with Gasteiger partial charge < -0.3 is 0 Å². The largest absolute Gasteiger partial charge is 0.165 e. The van der Waals surface area contributed by atoms with Gasteiger partial charge in [0.05, 0.1) is 0 Å². The quantitative estimate of drug-likeness (QED) is 0.369. The van der Waals surface area contributed by atoms with Gasteiger partial charge in [0.15, 0.2) is 0 Å². The number of allylic oxidation sites excluding steroid dienone is 5. The molecule has 0 radical (unpaired) electrons. The molecule has 0 aromatic heterocycles. The van der Waals surface area contributed by atoms with Crippen LogP contribution in [0.15, 0.2) is 49.1 Å². The van der Waals surface area contributed by atoms with Crippen molar-refractivity contribution in [2.45, 2.75) is 32.6 Å². The van der Waals surface area contributed by atoms with Crippen molar-refractivity contribution in [3.8, 4) is 0 Å². The highest BCUT2D eigenvalue weighted by atomic mass is 32.2. The molecule has 0 rings (SSSR count). The topological polar surface area (TPSA) is 0 Å². The van der Waals surface area contributed by atoms with Crippen molar-refractivity contribution in [3.63, 3.8) is 0 Å². The van der Waals surface area contributed by atoms with E-state index in [1.165, 1.54) is 16.9 Å². The van der Waals surface area contributed by atoms with E-state index < -0.39 is 0 Å². The molecule has 17 heavy (non-hydrogen) atoms. The Hall–Kier alpha value is -0.690. The molecule has 1 unspecified atom stereocenters. The molecule has 0 nitrogen and oxygen atoms in total. The molecule has 0 saturated heterocycles. The molecule has 96 valence electrons. The van der Waals surface area contributed by atoms with Crippen molar-refractivity contribution in [1.29, 1.82) is 0 Å². The van der Waals surface area contributed by atoms with Gasteiger partial charge in [-0.3, -0.25) is 0 Å². The average Bonchev–Trinajstić information content (AvgIpc) is 2.23. The summed E-state index contributed by atoms with van der Waals surface area (Å²) in [7, 11) is 0. The van der Waals surface area contributed by atoms with Crippen molar-refractivity contribution >= 4 is 11.8 Å². The van der Waals surface area contributed by atoms with E-state index in [1.54, 1.807) is 0 Å². The van der Waals surface area contributed by atoms with E-state index in [0.717, 1.165) is 25.7 Å². The fourth-order valence-corrected chi connectivity index (χ4v) is 2.16. The Labute approximate surface area is 112 Å². The molecule has 0 saturated carbocycles. The van der Waals surface area contributed by atoms with Gasteiger partial charge in [-0.15, -0.1) is 13.2 Å². The molecule has 0 heterocycles. The fourth-order valence-electron chi connectivity index (χ4n) is 1.79. The lowest BCUT2D eigenvalue weighted by atomic mass is 9.92. The number of thioether (sulfide) groups is 1. The summed E-state index contributed by atoms with van der Waals surface area (Å²) in [5.41, 5.74) is 2.51. The second-order valence-electron chi connectivity index (χ2n) is 4.58. The summed E-state index contributed by atoms with van der Waals surface area (Å²) in [5.74, 6) is 1.76. The summed E-state index contributed by atoms with van der Waals surface area (Å²) in [4.78, 5) is 0. The zero-order valence-corrected chi connectivity index (χ0v) is 12.2. The molecule has 0 aliphatic rings. The zero-order valence-electron chi connectivity index (χ0n) is 11.4. The standard InChI is InChI=1S/C16H26S/c1-6-9-15(4)13-16(12-14(2)3)10-7-8-11-17-5/h6-7,10,16H,1-2,4,8-9,11-13H2,3,5H3/b10-7+. The molecule has 0 bridgehead atoms. The highest BCUT2D eigenvalue weighted by Crippen LogP contribution is 2.21. The average molecular weight is 250 g/mol. The molecule has 0 aromatic carbocycles. The maximum Gasteiger partial charge on any atom is -0.00357 e. The lowest BCUT2D eigenvalue weighted by Crippen LogP contribution is -1.99. The summed E-state index contributed by atoms with van der Waals surface area (Å²) in [6, 6.07) is 0. The van der Waals surface area contributed by atoms with Gasteiger partial charge in [-0.25, -0.2) is 0 Å². The fraction of sp³-hybridized carbons (Fsp3) is 0.500. The van der Waals surface area contributed by atoms with Crippen LogP contribution in [0.5, 0.6) is 0 Å². The SMILES string of the molecule is C=CCC(=C)CC(/C=C/CCSC)CC(=C)C. The maximum atomic E-state index is 4.10. The molecule has 0 aliphatic heterocycles. The predicted molar refractivity (Wildman–Crippen MR) is 83.6 cm³/mol. The number of hydrogen-bond donors (Lipinski definition) is 0. The molecular formula is C16H26S. The van der Waals surface area contributed by atoms with Gasteiger partial charge in [0.25, 0.3) is 0 Å². The predicted octanol–water partition coefficient (Wildman–Crippen LogP) is 5.40. The molecular weight excluding hydrogens is 224 g/mol. The van der Waals surface area contributed by atoms with Crippen LogP contribution in [0.2, 0.25) is 0 Å². The third-order valence-electron chi connectivity index (χ3n) is 2.49. The maximum absolute atomic E-state index is 4.10. The Morgan fingerprint density at radius 2 is 2.00 bits per heavy atom. The molecule has 0 aliphatic carbocycles. The Balaban J connectivity index is 4.21. The van der Waals surface area contributed by atoms with Crippen molar-refractivity contribution in [1.82, 2.24) is 0 Å². The van der Waals surface area contributed by atoms with E-state index in [2.05, 4.69) is 45.1 Å². The van der Waals surface area contributed by atoms with Gasteiger partial charge in [-0.05, 0) is 50.5 Å². The smallest absolute Gasteiger partial charge is 0.00357 e. The molecule has 1 atom stereocenters. The van der Waals surface area contributed by atoms with E-state index in [-0.39, 0.29) is 0 Å². The van der Waals surface area contributed by atoms with Gasteiger partial charge in [0.2, 0.25) is 0 Å². The summed E-state index contributed by atoms with van der Waals surface area (Å²) in [6.45, 7) is 14.0. The first-order valence-electron chi connectivity index (χ1n) is 6.17. The van der Waals surface area contributed by atoms with Crippen molar-refractivity contribution < 1.29 is 0 Å². The van der Waals surface area contributed by atoms with Crippen LogP contribution in [0.4, 0.5) is 0 Å². The minimum absolute atomic E-state index is 0.557. The van der Waals surface area contributed by atoms with E-state index in [0.29, 0.717) is 5.92 Å². The summed E-state index contributed by atoms with van der Waals surface area (Å²) in [5, 5.41) is 0. The van der Waals surface area contributed by atoms with Gasteiger partial charge in [0.1, 0.15) is 0 Å². The van der Waals surface area contributed by atoms with Crippen LogP contribution < -0.4 is 0 Å². The Morgan fingerprint density at radius 1 is 1.29 bits per heavy atom. The highest BCUT2D eigenvalue weighted by molar-refractivity contribution is 7.98. The lowest BCUT2D eigenvalue weighted by molar-refractivity contribution is 0.629. The van der Waals surface area contributed by atoms with Crippen LogP contribution in [0, 0.1) is 5.92 Å². The van der Waals surface area contributed by atoms with E-state index >= 15 is 0 Å². The van der Waals surface area contributed by atoms with Crippen LogP contribution in [-0.4, -0.2) is 12.0 Å². The minimum atomic E-state index is 0.557. The lowest BCUT2D eigenvalue weighted by Gasteiger charge is -2.14. The molecule has 1 heteroatoms. The van der Waals surface area contributed by atoms with Crippen LogP contribution in [0.1, 0.15) is 32.6 Å². The van der Waals surface area contributed by atoms with Crippen molar-refractivity contribution in [3.05, 3.63) is 49.1 Å². The number of hydrogen-bond acceptors (Lipinski definition) is 1. The molecule has 0 spiro atoms. The Bertz CT molecular complexity index is 273. The first-order chi connectivity index (χ1) is 8.10. The summed E-state index contributed by atoms with van der Waals surface area (Å²) < 4.78 is 0. The van der Waals surface area contributed by atoms with Crippen LogP contribution >= 0.6 is 11.8 Å². The first kappa shape index (κ1) is 16.3. The number of rotatable bonds is 10. The van der Waals surface area contributed by atoms with Gasteiger partial charge >= 0.3 is 0 Å². The van der Waals surface area contributed by atoms with E-state index in [9.17, 15) is 0 Å². The molecule has 0 amide bonds. The summed E-state index contributed by atoms with van der Waals surface area (Å²) >= 11 is 1.89. The Morgan fingerprint density at radius 3 is 2.53 bits per heavy atom. The van der Waals surface area contributed by atoms with Crippen molar-refractivity contribution in [2.75, 3.05) is 12.0 Å². The van der Waals surface area contributed by atoms with Crippen LogP contribution in [-0.2, 0) is 0 Å². The summed E-state index contributed by atoms with van der Waals surface area (Å²) in [6.07, 6.45) is 12.9. The Kier molecular flexibility index (Phi) is 10.0. The second kappa shape index (κ2) is 10.5. The van der Waals surface area contributed by atoms with Gasteiger partial charge in [-0.1, -0.05) is 36.0 Å². The molecule has 0 aromatic rings. The zero-order chi connectivity index (χ0) is 13.1. The van der Waals surface area contributed by atoms with Crippen LogP contribution in [0.3, 0.4) is 0 Å². The van der Waals surface area contributed by atoms with E-state index in [1.807, 2.05) is 17.8 Å². The minimum Gasteiger partial charge on any atom is -0.165 e. The third kappa shape index (κ3) is 10.2. The van der Waals surface area contributed by atoms with Gasteiger partial charge in [0, 0.05) is 0 Å². The highest BCUT2D eigenvalue weighted by Gasteiger charge is 2.06. The molecule has 0 N–H and O–H groups in total. The third-order valence-corrected chi connectivity index (χ3v) is 3.14. The van der Waals surface area contributed by atoms with Crippen molar-refractivity contribution in [2.24, 2.45) is 5.92 Å².